The van der Waals surface area contributed by atoms with E-state index in [9.17, 15) is 0 Å². The Hall–Kier alpha value is -0.870. The fourth-order valence-electron chi connectivity index (χ4n) is 1.61. The van der Waals surface area contributed by atoms with E-state index in [1.54, 1.807) is 0 Å². The average molecular weight is 268 g/mol. The van der Waals surface area contributed by atoms with Gasteiger partial charge in [-0.2, -0.15) is 5.10 Å². The zero-order valence-corrected chi connectivity index (χ0v) is 10.4. The molecule has 0 amide bonds. The molecule has 1 aromatic carbocycles. The van der Waals surface area contributed by atoms with Gasteiger partial charge in [-0.05, 0) is 27.9 Å². The van der Waals surface area contributed by atoms with E-state index in [-0.39, 0.29) is 6.04 Å². The maximum atomic E-state index is 6.11. The van der Waals surface area contributed by atoms with Crippen molar-refractivity contribution >= 4 is 26.8 Å². The number of rotatable bonds is 2. The minimum Gasteiger partial charge on any atom is -0.322 e. The molecule has 0 spiro atoms. The van der Waals surface area contributed by atoms with Gasteiger partial charge >= 0.3 is 0 Å². The van der Waals surface area contributed by atoms with E-state index < -0.39 is 0 Å². The summed E-state index contributed by atoms with van der Waals surface area (Å²) in [7, 11) is 0. The highest BCUT2D eigenvalue weighted by Gasteiger charge is 2.16. The van der Waals surface area contributed by atoms with Crippen molar-refractivity contribution < 1.29 is 0 Å². The smallest absolute Gasteiger partial charge is 0.107 e. The highest BCUT2D eigenvalue weighted by atomic mass is 79.9. The fraction of sp³-hybridized carbons (Fsp3) is 0.364. The second-order valence-electron chi connectivity index (χ2n) is 4.04. The number of fused-ring (bicyclic) bond motifs is 1. The summed E-state index contributed by atoms with van der Waals surface area (Å²) in [4.78, 5) is 0. The monoisotopic (exact) mass is 267 g/mol. The number of nitrogens with zero attached hydrogens (tertiary/aromatic N) is 1. The molecule has 80 valence electrons. The van der Waals surface area contributed by atoms with Crippen molar-refractivity contribution in [2.75, 3.05) is 0 Å². The first kappa shape index (κ1) is 10.6. The molecule has 0 bridgehead atoms. The fourth-order valence-corrected chi connectivity index (χ4v) is 2.06. The lowest BCUT2D eigenvalue weighted by molar-refractivity contribution is 0.505. The first-order chi connectivity index (χ1) is 7.11. The van der Waals surface area contributed by atoms with Crippen LogP contribution in [0.5, 0.6) is 0 Å². The third kappa shape index (κ3) is 1.79. The molecule has 0 aliphatic heterocycles. The van der Waals surface area contributed by atoms with E-state index in [0.29, 0.717) is 5.92 Å². The summed E-state index contributed by atoms with van der Waals surface area (Å²) in [6.07, 6.45) is 0. The number of nitrogens with two attached hydrogens (primary N) is 1. The zero-order valence-electron chi connectivity index (χ0n) is 8.79. The molecule has 3 nitrogen and oxygen atoms in total. The topological polar surface area (TPSA) is 54.7 Å². The number of halogens is 1. The van der Waals surface area contributed by atoms with Crippen molar-refractivity contribution in [2.24, 2.45) is 11.7 Å². The first-order valence-corrected chi connectivity index (χ1v) is 5.78. The molecular weight excluding hydrogens is 254 g/mol. The Morgan fingerprint density at radius 2 is 2.13 bits per heavy atom. The van der Waals surface area contributed by atoms with E-state index in [1.807, 2.05) is 18.2 Å². The maximum absolute atomic E-state index is 6.11. The second-order valence-corrected chi connectivity index (χ2v) is 4.90. The molecule has 0 aliphatic rings. The molecule has 0 radical (unpaired) electrons. The van der Waals surface area contributed by atoms with E-state index in [4.69, 9.17) is 5.73 Å². The predicted molar refractivity (Wildman–Crippen MR) is 65.6 cm³/mol. The third-order valence-electron chi connectivity index (χ3n) is 2.62. The molecule has 15 heavy (non-hydrogen) atoms. The quantitative estimate of drug-likeness (QED) is 0.879. The van der Waals surface area contributed by atoms with Crippen LogP contribution in [0.25, 0.3) is 10.9 Å². The lowest BCUT2D eigenvalue weighted by Crippen LogP contribution is -2.17. The number of H-pyrrole nitrogens is 1. The largest absolute Gasteiger partial charge is 0.322 e. The number of hydrogen-bond acceptors (Lipinski definition) is 2. The summed E-state index contributed by atoms with van der Waals surface area (Å²) in [5.41, 5.74) is 8.07. The number of aromatic amines is 1. The van der Waals surface area contributed by atoms with Gasteiger partial charge in [0.2, 0.25) is 0 Å². The summed E-state index contributed by atoms with van der Waals surface area (Å²) >= 11 is 3.47. The number of benzene rings is 1. The van der Waals surface area contributed by atoms with Crippen LogP contribution >= 0.6 is 15.9 Å². The SMILES string of the molecule is CC(C)C(N)c1[nH]nc2c(Br)cccc12. The van der Waals surface area contributed by atoms with Crippen molar-refractivity contribution in [3.63, 3.8) is 0 Å². The molecule has 0 aliphatic carbocycles. The number of aromatic nitrogens is 2. The summed E-state index contributed by atoms with van der Waals surface area (Å²) in [5, 5.41) is 8.40. The normalized spacial score (nSPS) is 13.7. The van der Waals surface area contributed by atoms with Crippen LogP contribution in [0.2, 0.25) is 0 Å². The molecule has 0 saturated carbocycles. The Morgan fingerprint density at radius 1 is 1.40 bits per heavy atom. The van der Waals surface area contributed by atoms with Crippen LogP contribution in [0.1, 0.15) is 25.6 Å². The van der Waals surface area contributed by atoms with E-state index in [1.165, 1.54) is 0 Å². The highest BCUT2D eigenvalue weighted by Crippen LogP contribution is 2.28. The summed E-state index contributed by atoms with van der Waals surface area (Å²) in [6, 6.07) is 6.03. The minimum atomic E-state index is 0.00398. The van der Waals surface area contributed by atoms with Crippen LogP contribution in [-0.4, -0.2) is 10.2 Å². The van der Waals surface area contributed by atoms with Gasteiger partial charge in [-0.15, -0.1) is 0 Å². The van der Waals surface area contributed by atoms with Gasteiger partial charge in [-0.25, -0.2) is 0 Å². The molecule has 4 heteroatoms. The lowest BCUT2D eigenvalue weighted by Gasteiger charge is -2.13. The van der Waals surface area contributed by atoms with Crippen molar-refractivity contribution in [2.45, 2.75) is 19.9 Å². The number of para-hydroxylation sites is 1. The second kappa shape index (κ2) is 3.94. The Bertz CT molecular complexity index is 476. The van der Waals surface area contributed by atoms with Gasteiger partial charge in [-0.1, -0.05) is 26.0 Å². The minimum absolute atomic E-state index is 0.00398. The summed E-state index contributed by atoms with van der Waals surface area (Å²) in [6.45, 7) is 4.21. The summed E-state index contributed by atoms with van der Waals surface area (Å²) in [5.74, 6) is 0.396. The number of nitrogens with one attached hydrogen (secondary N) is 1. The molecule has 0 fully saturated rings. The Morgan fingerprint density at radius 3 is 2.80 bits per heavy atom. The number of hydrogen-bond donors (Lipinski definition) is 2. The van der Waals surface area contributed by atoms with Crippen LogP contribution < -0.4 is 5.73 Å². The Balaban J connectivity index is 2.59. The first-order valence-electron chi connectivity index (χ1n) is 4.99. The maximum Gasteiger partial charge on any atom is 0.107 e. The van der Waals surface area contributed by atoms with Crippen LogP contribution in [-0.2, 0) is 0 Å². The molecule has 0 saturated heterocycles. The van der Waals surface area contributed by atoms with Crippen LogP contribution in [0.15, 0.2) is 22.7 Å². The lowest BCUT2D eigenvalue weighted by atomic mass is 9.99. The van der Waals surface area contributed by atoms with Gasteiger partial charge in [-0.3, -0.25) is 5.10 Å². The molecular formula is C11H14BrN3. The summed E-state index contributed by atoms with van der Waals surface area (Å²) < 4.78 is 0.999. The molecule has 1 atom stereocenters. The van der Waals surface area contributed by atoms with E-state index >= 15 is 0 Å². The van der Waals surface area contributed by atoms with Gasteiger partial charge in [0.05, 0.1) is 5.69 Å². The molecule has 3 N–H and O–H groups in total. The van der Waals surface area contributed by atoms with Crippen molar-refractivity contribution in [3.8, 4) is 0 Å². The predicted octanol–water partition coefficient (Wildman–Crippen LogP) is 2.98. The Labute approximate surface area is 97.2 Å². The van der Waals surface area contributed by atoms with Crippen LogP contribution in [0.4, 0.5) is 0 Å². The van der Waals surface area contributed by atoms with E-state index in [2.05, 4.69) is 40.0 Å². The van der Waals surface area contributed by atoms with Gasteiger partial charge < -0.3 is 5.73 Å². The Kier molecular flexibility index (Phi) is 2.80. The van der Waals surface area contributed by atoms with Gasteiger partial charge in [0.1, 0.15) is 5.52 Å². The molecule has 1 heterocycles. The van der Waals surface area contributed by atoms with Gasteiger partial charge in [0, 0.05) is 15.9 Å². The molecule has 1 aromatic heterocycles. The molecule has 1 unspecified atom stereocenters. The van der Waals surface area contributed by atoms with Crippen molar-refractivity contribution in [1.82, 2.24) is 10.2 Å². The van der Waals surface area contributed by atoms with Crippen molar-refractivity contribution in [1.29, 1.82) is 0 Å². The van der Waals surface area contributed by atoms with Crippen LogP contribution in [0, 0.1) is 5.92 Å². The average Bonchev–Trinajstić information content (AvgIpc) is 2.61. The van der Waals surface area contributed by atoms with Gasteiger partial charge in [0.25, 0.3) is 0 Å². The van der Waals surface area contributed by atoms with Crippen LogP contribution in [0.3, 0.4) is 0 Å². The molecule has 2 aromatic rings. The standard InChI is InChI=1S/C11H14BrN3/c1-6(2)9(13)11-7-4-3-5-8(12)10(7)14-15-11/h3-6,9H,13H2,1-2H3,(H,14,15). The van der Waals surface area contributed by atoms with E-state index in [0.717, 1.165) is 21.1 Å². The molecule has 2 rings (SSSR count). The highest BCUT2D eigenvalue weighted by molar-refractivity contribution is 9.10. The van der Waals surface area contributed by atoms with Crippen molar-refractivity contribution in [3.05, 3.63) is 28.4 Å². The third-order valence-corrected chi connectivity index (χ3v) is 3.26. The van der Waals surface area contributed by atoms with Gasteiger partial charge in [0.15, 0.2) is 0 Å². The zero-order chi connectivity index (χ0) is 11.0.